The second-order valence-corrected chi connectivity index (χ2v) is 7.67. The summed E-state index contributed by atoms with van der Waals surface area (Å²) in [6.07, 6.45) is 0.684. The fraction of sp³-hybridized carbons (Fsp3) is 0.917. The van der Waals surface area contributed by atoms with E-state index in [0.29, 0.717) is 12.8 Å². The van der Waals surface area contributed by atoms with Crippen LogP contribution in [0.1, 0.15) is 40.5 Å². The van der Waals surface area contributed by atoms with Crippen LogP contribution in [-0.2, 0) is 19.6 Å². The number of carbonyl (C=O) groups is 1. The molecular weight excluding hydrogens is 256 g/mol. The van der Waals surface area contributed by atoms with Crippen molar-refractivity contribution in [1.82, 2.24) is 0 Å². The zero-order valence-electron chi connectivity index (χ0n) is 11.3. The summed E-state index contributed by atoms with van der Waals surface area (Å²) in [4.78, 5) is 11.6. The molecule has 1 aliphatic heterocycles. The van der Waals surface area contributed by atoms with E-state index >= 15 is 0 Å². The third-order valence-corrected chi connectivity index (χ3v) is 4.10. The molecule has 18 heavy (non-hydrogen) atoms. The van der Waals surface area contributed by atoms with Gasteiger partial charge in [0.05, 0.1) is 11.2 Å². The molecule has 0 aromatic carbocycles. The van der Waals surface area contributed by atoms with Gasteiger partial charge in [-0.3, -0.25) is 9.35 Å². The first kappa shape index (κ1) is 15.4. The molecule has 0 amide bonds. The van der Waals surface area contributed by atoms with Crippen molar-refractivity contribution in [2.24, 2.45) is 17.3 Å². The average molecular weight is 278 g/mol. The quantitative estimate of drug-likeness (QED) is 0.613. The number of carbonyl (C=O) groups excluding carboxylic acids is 1. The second-order valence-electron chi connectivity index (χ2n) is 6.17. The van der Waals surface area contributed by atoms with Crippen LogP contribution >= 0.6 is 0 Å². The predicted molar refractivity (Wildman–Crippen MR) is 67.6 cm³/mol. The molecule has 0 radical (unpaired) electrons. The predicted octanol–water partition coefficient (Wildman–Crippen LogP) is 1.88. The molecule has 1 saturated heterocycles. The lowest BCUT2D eigenvalue weighted by molar-refractivity contribution is -0.148. The van der Waals surface area contributed by atoms with Gasteiger partial charge in [-0.25, -0.2) is 0 Å². The molecule has 0 aromatic rings. The minimum absolute atomic E-state index is 0.277. The highest BCUT2D eigenvalue weighted by atomic mass is 32.2. The zero-order chi connectivity index (χ0) is 14.1. The molecule has 0 saturated carbocycles. The molecule has 0 spiro atoms. The van der Waals surface area contributed by atoms with Gasteiger partial charge in [0, 0.05) is 12.3 Å². The van der Waals surface area contributed by atoms with Gasteiger partial charge in [0.15, 0.2) is 0 Å². The molecule has 2 unspecified atom stereocenters. The number of cyclic esters (lactones) is 1. The third kappa shape index (κ3) is 4.24. The lowest BCUT2D eigenvalue weighted by Gasteiger charge is -2.23. The Labute approximate surface area is 109 Å². The molecule has 2 atom stereocenters. The van der Waals surface area contributed by atoms with E-state index < -0.39 is 21.6 Å². The topological polar surface area (TPSA) is 80.7 Å². The third-order valence-electron chi connectivity index (χ3n) is 3.25. The van der Waals surface area contributed by atoms with Crippen LogP contribution in [0.2, 0.25) is 0 Å². The minimum Gasteiger partial charge on any atom is -0.462 e. The molecule has 0 aromatic heterocycles. The Hall–Kier alpha value is -0.620. The highest BCUT2D eigenvalue weighted by Gasteiger charge is 2.45. The summed E-state index contributed by atoms with van der Waals surface area (Å²) >= 11 is 0. The van der Waals surface area contributed by atoms with Crippen molar-refractivity contribution in [2.75, 3.05) is 5.75 Å². The van der Waals surface area contributed by atoms with E-state index in [9.17, 15) is 13.2 Å². The summed E-state index contributed by atoms with van der Waals surface area (Å²) in [6, 6.07) is 0. The molecule has 1 heterocycles. The van der Waals surface area contributed by atoms with Crippen molar-refractivity contribution in [3.05, 3.63) is 0 Å². The van der Waals surface area contributed by atoms with Crippen LogP contribution in [0.15, 0.2) is 0 Å². The van der Waals surface area contributed by atoms with Gasteiger partial charge in [0.25, 0.3) is 10.1 Å². The Balaban J connectivity index is 2.82. The average Bonchev–Trinajstić information content (AvgIpc) is 2.37. The lowest BCUT2D eigenvalue weighted by Crippen LogP contribution is -2.29. The molecule has 6 heteroatoms. The maximum absolute atomic E-state index is 11.6. The van der Waals surface area contributed by atoms with Crippen molar-refractivity contribution in [1.29, 1.82) is 0 Å². The van der Waals surface area contributed by atoms with Crippen molar-refractivity contribution in [3.8, 4) is 0 Å². The van der Waals surface area contributed by atoms with Crippen LogP contribution < -0.4 is 0 Å². The first-order valence-electron chi connectivity index (χ1n) is 6.17. The fourth-order valence-corrected chi connectivity index (χ4v) is 3.28. The lowest BCUT2D eigenvalue weighted by atomic mass is 9.84. The summed E-state index contributed by atoms with van der Waals surface area (Å²) < 4.78 is 36.3. The van der Waals surface area contributed by atoms with E-state index in [1.165, 1.54) is 0 Å². The van der Waals surface area contributed by atoms with Gasteiger partial charge in [-0.15, -0.1) is 0 Å². The largest absolute Gasteiger partial charge is 0.462 e. The fourth-order valence-electron chi connectivity index (χ4n) is 2.39. The van der Waals surface area contributed by atoms with Gasteiger partial charge in [-0.05, 0) is 26.2 Å². The van der Waals surface area contributed by atoms with Gasteiger partial charge < -0.3 is 4.74 Å². The van der Waals surface area contributed by atoms with Gasteiger partial charge >= 0.3 is 5.97 Å². The Morgan fingerprint density at radius 1 is 1.44 bits per heavy atom. The van der Waals surface area contributed by atoms with Crippen LogP contribution in [0.25, 0.3) is 0 Å². The zero-order valence-corrected chi connectivity index (χ0v) is 12.2. The molecule has 1 N–H and O–H groups in total. The maximum Gasteiger partial charge on any atom is 0.311 e. The SMILES string of the molecule is CC(C)CC(CS(=O)(=O)O)C1CC(C)(C)C(=O)O1. The van der Waals surface area contributed by atoms with Crippen LogP contribution in [0.3, 0.4) is 0 Å². The van der Waals surface area contributed by atoms with Crippen molar-refractivity contribution in [3.63, 3.8) is 0 Å². The summed E-state index contributed by atoms with van der Waals surface area (Å²) in [5.41, 5.74) is -0.570. The monoisotopic (exact) mass is 278 g/mol. The highest BCUT2D eigenvalue weighted by molar-refractivity contribution is 7.85. The highest BCUT2D eigenvalue weighted by Crippen LogP contribution is 2.38. The van der Waals surface area contributed by atoms with E-state index in [4.69, 9.17) is 9.29 Å². The Bertz CT molecular complexity index is 410. The summed E-state index contributed by atoms with van der Waals surface area (Å²) in [5.74, 6) is -0.708. The summed E-state index contributed by atoms with van der Waals surface area (Å²) in [5, 5.41) is 0. The van der Waals surface area contributed by atoms with Gasteiger partial charge in [0.2, 0.25) is 0 Å². The Morgan fingerprint density at radius 3 is 2.33 bits per heavy atom. The molecule has 1 fully saturated rings. The first-order chi connectivity index (χ1) is 8.01. The molecule has 0 aliphatic carbocycles. The van der Waals surface area contributed by atoms with Crippen molar-refractivity contribution in [2.45, 2.75) is 46.6 Å². The van der Waals surface area contributed by atoms with Gasteiger partial charge in [-0.1, -0.05) is 13.8 Å². The molecule has 106 valence electrons. The van der Waals surface area contributed by atoms with Crippen LogP contribution in [0.4, 0.5) is 0 Å². The van der Waals surface area contributed by atoms with Gasteiger partial charge in [-0.2, -0.15) is 8.42 Å². The van der Waals surface area contributed by atoms with Crippen molar-refractivity contribution >= 4 is 16.1 Å². The van der Waals surface area contributed by atoms with Gasteiger partial charge in [0.1, 0.15) is 6.10 Å². The van der Waals surface area contributed by atoms with Crippen LogP contribution in [0.5, 0.6) is 0 Å². The van der Waals surface area contributed by atoms with E-state index in [-0.39, 0.29) is 23.6 Å². The van der Waals surface area contributed by atoms with E-state index in [1.54, 1.807) is 13.8 Å². The number of hydrogen-bond donors (Lipinski definition) is 1. The number of hydrogen-bond acceptors (Lipinski definition) is 4. The smallest absolute Gasteiger partial charge is 0.311 e. The second kappa shape index (κ2) is 5.17. The van der Waals surface area contributed by atoms with E-state index in [0.717, 1.165) is 0 Å². The summed E-state index contributed by atoms with van der Waals surface area (Å²) in [7, 11) is -4.05. The molecule has 5 nitrogen and oxygen atoms in total. The molecule has 1 aliphatic rings. The summed E-state index contributed by atoms with van der Waals surface area (Å²) in [6.45, 7) is 7.52. The molecule has 1 rings (SSSR count). The normalized spacial score (nSPS) is 25.2. The Kier molecular flexibility index (Phi) is 4.43. The molecule has 0 bridgehead atoms. The Morgan fingerprint density at radius 2 is 2.00 bits per heavy atom. The van der Waals surface area contributed by atoms with E-state index in [2.05, 4.69) is 0 Å². The number of rotatable bonds is 5. The van der Waals surface area contributed by atoms with Crippen LogP contribution in [0, 0.1) is 17.3 Å². The maximum atomic E-state index is 11.6. The number of ether oxygens (including phenoxy) is 1. The first-order valence-corrected chi connectivity index (χ1v) is 7.78. The van der Waals surface area contributed by atoms with E-state index in [1.807, 2.05) is 13.8 Å². The number of esters is 1. The van der Waals surface area contributed by atoms with Crippen molar-refractivity contribution < 1.29 is 22.5 Å². The van der Waals surface area contributed by atoms with Crippen LogP contribution in [-0.4, -0.2) is 30.8 Å². The minimum atomic E-state index is -4.05. The molecular formula is C12H22O5S. The standard InChI is InChI=1S/C12H22O5S/c1-8(2)5-9(7-18(14,15)16)10-6-12(3,4)11(13)17-10/h8-10H,5-7H2,1-4H3,(H,14,15,16).